The van der Waals surface area contributed by atoms with E-state index in [1.807, 2.05) is 36.4 Å². The van der Waals surface area contributed by atoms with Gasteiger partial charge in [0.1, 0.15) is 0 Å². The predicted molar refractivity (Wildman–Crippen MR) is 243 cm³/mol. The Balaban J connectivity index is 0.000000249. The number of fused-ring (bicyclic) bond motifs is 4. The quantitative estimate of drug-likeness (QED) is 0.0469. The van der Waals surface area contributed by atoms with E-state index >= 15 is 0 Å². The van der Waals surface area contributed by atoms with Crippen LogP contribution in [0.4, 0.5) is 11.4 Å². The van der Waals surface area contributed by atoms with Gasteiger partial charge in [0.25, 0.3) is 20.0 Å². The van der Waals surface area contributed by atoms with Crippen molar-refractivity contribution in [2.24, 2.45) is 0 Å². The first-order valence-corrected chi connectivity index (χ1v) is 24.0. The highest BCUT2D eigenvalue weighted by molar-refractivity contribution is 7.93. The van der Waals surface area contributed by atoms with Crippen LogP contribution in [0.1, 0.15) is 98.5 Å². The Bertz CT molecular complexity index is 2350. The molecule has 2 atom stereocenters. The number of rotatable bonds is 16. The highest BCUT2D eigenvalue weighted by Crippen LogP contribution is 2.42. The maximum Gasteiger partial charge on any atom is 0.414 e. The molecule has 0 bridgehead atoms. The van der Waals surface area contributed by atoms with Gasteiger partial charge in [0.05, 0.1) is 33.2 Å². The van der Waals surface area contributed by atoms with E-state index in [-0.39, 0.29) is 34.7 Å². The molecule has 2 aliphatic rings. The maximum atomic E-state index is 13.2. The molecular formula is C44H52Cl2N4O12S2. The van der Waals surface area contributed by atoms with Crippen molar-refractivity contribution in [3.05, 3.63) is 117 Å². The third-order valence-electron chi connectivity index (χ3n) is 10.5. The first-order valence-electron chi connectivity index (χ1n) is 20.4. The van der Waals surface area contributed by atoms with Crippen LogP contribution >= 0.6 is 23.2 Å². The summed E-state index contributed by atoms with van der Waals surface area (Å²) < 4.78 is 55.3. The zero-order valence-corrected chi connectivity index (χ0v) is 38.4. The number of carboxylic acid groups (broad SMARTS) is 4. The second-order valence-corrected chi connectivity index (χ2v) is 19.7. The number of benzene rings is 4. The van der Waals surface area contributed by atoms with Gasteiger partial charge in [-0.3, -0.25) is 18.2 Å². The molecule has 16 nitrogen and oxygen atoms in total. The number of unbranched alkanes of at least 4 members (excludes halogenated alkanes) is 6. The highest BCUT2D eigenvalue weighted by atomic mass is 35.5. The smallest absolute Gasteiger partial charge is 0.414 e. The van der Waals surface area contributed by atoms with Crippen LogP contribution < -0.4 is 19.2 Å². The fourth-order valence-corrected chi connectivity index (χ4v) is 10.7. The van der Waals surface area contributed by atoms with Crippen LogP contribution in [0.2, 0.25) is 10.0 Å². The Morgan fingerprint density at radius 3 is 1.20 bits per heavy atom. The first kappa shape index (κ1) is 51.4. The molecule has 64 heavy (non-hydrogen) atoms. The summed E-state index contributed by atoms with van der Waals surface area (Å²) in [6.45, 7) is 1.38. The van der Waals surface area contributed by atoms with E-state index in [0.29, 0.717) is 58.5 Å². The SMILES string of the molecule is CN1c2ccccc2C(NCCCCCCC(=O)O)c2ccc(Cl)cc2S1(=O)=O.CN1c2ccccc2C(NCCCCCCC(=O)O)c2ccc(Cl)cc2S1(=O)=O.O=C(O)C(=O)O. The van der Waals surface area contributed by atoms with E-state index in [1.54, 1.807) is 50.5 Å². The van der Waals surface area contributed by atoms with E-state index in [1.165, 1.54) is 20.7 Å². The van der Waals surface area contributed by atoms with Gasteiger partial charge in [-0.1, -0.05) is 97.4 Å². The molecule has 346 valence electrons. The van der Waals surface area contributed by atoms with Crippen LogP contribution in [0.5, 0.6) is 0 Å². The molecule has 0 spiro atoms. The van der Waals surface area contributed by atoms with Crippen molar-refractivity contribution in [2.45, 2.75) is 86.1 Å². The van der Waals surface area contributed by atoms with Gasteiger partial charge in [-0.15, -0.1) is 0 Å². The molecule has 0 saturated carbocycles. The zero-order chi connectivity index (χ0) is 47.2. The number of nitrogens with one attached hydrogen (secondary N) is 2. The van der Waals surface area contributed by atoms with Crippen molar-refractivity contribution >= 4 is 78.5 Å². The van der Waals surface area contributed by atoms with Gasteiger partial charge in [0.15, 0.2) is 0 Å². The molecule has 0 amide bonds. The lowest BCUT2D eigenvalue weighted by Gasteiger charge is -2.22. The van der Waals surface area contributed by atoms with Crippen LogP contribution in [-0.2, 0) is 39.2 Å². The highest BCUT2D eigenvalue weighted by Gasteiger charge is 2.36. The Hall–Kier alpha value is -5.24. The molecule has 2 aliphatic heterocycles. The normalized spacial score (nSPS) is 16.4. The van der Waals surface area contributed by atoms with E-state index in [9.17, 15) is 26.4 Å². The van der Waals surface area contributed by atoms with Crippen molar-refractivity contribution in [3.8, 4) is 0 Å². The summed E-state index contributed by atoms with van der Waals surface area (Å²) in [7, 11) is -4.33. The van der Waals surface area contributed by atoms with E-state index in [0.717, 1.165) is 49.7 Å². The number of hydrogen-bond acceptors (Lipinski definition) is 10. The molecule has 6 rings (SSSR count). The minimum Gasteiger partial charge on any atom is -0.481 e. The number of nitrogens with zero attached hydrogens (tertiary/aromatic N) is 2. The number of sulfonamides is 2. The summed E-state index contributed by atoms with van der Waals surface area (Å²) in [5.41, 5.74) is 4.42. The zero-order valence-electron chi connectivity index (χ0n) is 35.2. The molecule has 0 saturated heterocycles. The van der Waals surface area contributed by atoms with Crippen molar-refractivity contribution < 1.29 is 56.4 Å². The number of halogens is 2. The summed E-state index contributed by atoms with van der Waals surface area (Å²) in [5.74, 6) is -5.18. The van der Waals surface area contributed by atoms with Crippen LogP contribution in [-0.4, -0.2) is 88.3 Å². The summed E-state index contributed by atoms with van der Waals surface area (Å²) >= 11 is 12.2. The molecule has 20 heteroatoms. The molecule has 0 aliphatic carbocycles. The van der Waals surface area contributed by atoms with Crippen LogP contribution in [0.15, 0.2) is 94.7 Å². The van der Waals surface area contributed by atoms with Crippen LogP contribution in [0.25, 0.3) is 0 Å². The van der Waals surface area contributed by atoms with Gasteiger partial charge in [0.2, 0.25) is 0 Å². The van der Waals surface area contributed by atoms with Gasteiger partial charge in [-0.2, -0.15) is 0 Å². The van der Waals surface area contributed by atoms with E-state index in [2.05, 4.69) is 10.6 Å². The molecule has 2 heterocycles. The molecule has 0 aromatic heterocycles. The Morgan fingerprint density at radius 1 is 0.516 bits per heavy atom. The lowest BCUT2D eigenvalue weighted by molar-refractivity contribution is -0.159. The minimum atomic E-state index is -3.72. The Kier molecular flexibility index (Phi) is 19.0. The summed E-state index contributed by atoms with van der Waals surface area (Å²) in [6.07, 6.45) is 7.05. The number of para-hydroxylation sites is 2. The molecule has 2 unspecified atom stereocenters. The number of aliphatic carboxylic acids is 4. The molecule has 6 N–H and O–H groups in total. The first-order chi connectivity index (χ1) is 30.3. The fraction of sp³-hybridized carbons (Fsp3) is 0.364. The van der Waals surface area contributed by atoms with Gasteiger partial charge in [-0.25, -0.2) is 26.4 Å². The molecule has 4 aromatic rings. The largest absolute Gasteiger partial charge is 0.481 e. The standard InChI is InChI=1S/2C21H25ClN2O4S.C2H2O4/c2*1-24-18-9-6-5-8-16(18)21(23-13-7-3-2-4-10-20(25)26)17-12-11-15(22)14-19(17)29(24,27)28;3-1(4)2(5)6/h2*5-6,8-9,11-12,14,21,23H,2-4,7,10,13H2,1H3,(H,25,26);(H,3,4)(H,5,6). The van der Waals surface area contributed by atoms with Gasteiger partial charge >= 0.3 is 23.9 Å². The molecular weight excluding hydrogens is 912 g/mol. The minimum absolute atomic E-state index is 0.196. The summed E-state index contributed by atoms with van der Waals surface area (Å²) in [4.78, 5) is 39.8. The topological polar surface area (TPSA) is 248 Å². The molecule has 0 fully saturated rings. The van der Waals surface area contributed by atoms with Gasteiger partial charge < -0.3 is 31.1 Å². The van der Waals surface area contributed by atoms with Crippen molar-refractivity contribution in [3.63, 3.8) is 0 Å². The second kappa shape index (κ2) is 23.6. The number of carbonyl (C=O) groups is 4. The lowest BCUT2D eigenvalue weighted by Crippen LogP contribution is -2.26. The van der Waals surface area contributed by atoms with Crippen LogP contribution in [0.3, 0.4) is 0 Å². The Labute approximate surface area is 382 Å². The van der Waals surface area contributed by atoms with Crippen LogP contribution in [0, 0.1) is 0 Å². The maximum absolute atomic E-state index is 13.2. The fourth-order valence-electron chi connectivity index (χ4n) is 7.31. The number of hydrogen-bond donors (Lipinski definition) is 6. The number of carboxylic acids is 4. The van der Waals surface area contributed by atoms with Gasteiger partial charge in [-0.05, 0) is 97.4 Å². The number of anilines is 2. The average molecular weight is 964 g/mol. The molecule has 4 aromatic carbocycles. The monoisotopic (exact) mass is 962 g/mol. The van der Waals surface area contributed by atoms with Crippen molar-refractivity contribution in [1.29, 1.82) is 0 Å². The predicted octanol–water partition coefficient (Wildman–Crippen LogP) is 7.54. The average Bonchev–Trinajstić information content (AvgIpc) is 3.36. The summed E-state index contributed by atoms with van der Waals surface area (Å²) in [5, 5.41) is 40.0. The Morgan fingerprint density at radius 2 is 0.859 bits per heavy atom. The second-order valence-electron chi connectivity index (χ2n) is 14.9. The third-order valence-corrected chi connectivity index (χ3v) is 14.7. The van der Waals surface area contributed by atoms with Gasteiger partial charge in [0, 0.05) is 37.0 Å². The summed E-state index contributed by atoms with van der Waals surface area (Å²) in [6, 6.07) is 24.4. The lowest BCUT2D eigenvalue weighted by atomic mass is 9.96. The van der Waals surface area contributed by atoms with E-state index in [4.69, 9.17) is 53.2 Å². The molecule has 0 radical (unpaired) electrons. The van der Waals surface area contributed by atoms with Crippen molar-refractivity contribution in [2.75, 3.05) is 35.8 Å². The van der Waals surface area contributed by atoms with Crippen molar-refractivity contribution in [1.82, 2.24) is 10.6 Å². The third kappa shape index (κ3) is 13.4. The van der Waals surface area contributed by atoms with E-state index < -0.39 is 43.9 Å².